The molecule has 1 aliphatic rings. The molecule has 0 bridgehead atoms. The fraction of sp³-hybridized carbons (Fsp3) is 0.136. The van der Waals surface area contributed by atoms with Gasteiger partial charge in [0.25, 0.3) is 5.91 Å². The van der Waals surface area contributed by atoms with Crippen LogP contribution in [0.4, 0.5) is 8.78 Å². The minimum absolute atomic E-state index is 0.116. The molecule has 1 amide bonds. The number of nitrogens with zero attached hydrogens (tertiary/aromatic N) is 4. The van der Waals surface area contributed by atoms with Crippen LogP contribution in [-0.4, -0.2) is 30.7 Å². The molecule has 0 atom stereocenters. The molecular formula is C22H16F2N4O2. The first kappa shape index (κ1) is 13.4. The fourth-order valence-electron chi connectivity index (χ4n) is 3.50. The lowest BCUT2D eigenvalue weighted by Gasteiger charge is -2.17. The van der Waals surface area contributed by atoms with Gasteiger partial charge in [0.2, 0.25) is 0 Å². The summed E-state index contributed by atoms with van der Waals surface area (Å²) in [6, 6.07) is 7.85. The van der Waals surface area contributed by atoms with Gasteiger partial charge in [-0.2, -0.15) is 5.10 Å². The van der Waals surface area contributed by atoms with Gasteiger partial charge in [-0.15, -0.1) is 0 Å². The number of aromatic hydroxyl groups is 1. The molecule has 1 aliphatic heterocycles. The molecule has 0 saturated heterocycles. The molecule has 5 rings (SSSR count). The lowest BCUT2D eigenvalue weighted by molar-refractivity contribution is 0.0763. The zero-order valence-electron chi connectivity index (χ0n) is 20.2. The van der Waals surface area contributed by atoms with Crippen molar-refractivity contribution in [2.75, 3.05) is 0 Å². The maximum atomic E-state index is 15.1. The molecule has 0 unspecified atom stereocenters. The van der Waals surface area contributed by atoms with E-state index < -0.39 is 43.1 Å². The molecule has 6 nitrogen and oxygen atoms in total. The van der Waals surface area contributed by atoms with Gasteiger partial charge in [-0.3, -0.25) is 14.5 Å². The first-order valence-corrected chi connectivity index (χ1v) is 8.86. The molecular weight excluding hydrogens is 390 g/mol. The van der Waals surface area contributed by atoms with Crippen molar-refractivity contribution in [3.05, 3.63) is 77.2 Å². The number of aryl methyl sites for hydroxylation is 1. The van der Waals surface area contributed by atoms with Crippen LogP contribution in [0, 0.1) is 11.6 Å². The van der Waals surface area contributed by atoms with Crippen molar-refractivity contribution in [3.8, 4) is 16.9 Å². The van der Waals surface area contributed by atoms with Gasteiger partial charge in [0.05, 0.1) is 38.8 Å². The third-order valence-electron chi connectivity index (χ3n) is 4.91. The third kappa shape index (κ3) is 2.88. The van der Waals surface area contributed by atoms with Crippen LogP contribution in [0.3, 0.4) is 0 Å². The van der Waals surface area contributed by atoms with Gasteiger partial charge in [0, 0.05) is 28.2 Å². The highest BCUT2D eigenvalue weighted by atomic mass is 19.1. The Labute approximate surface area is 177 Å². The smallest absolute Gasteiger partial charge is 0.256 e. The van der Waals surface area contributed by atoms with Crippen LogP contribution >= 0.6 is 0 Å². The average molecular weight is 411 g/mol. The van der Waals surface area contributed by atoms with E-state index in [1.165, 1.54) is 6.20 Å². The highest BCUT2D eigenvalue weighted by Gasteiger charge is 2.30. The Kier molecular flexibility index (Phi) is 2.96. The van der Waals surface area contributed by atoms with Crippen molar-refractivity contribution in [1.29, 1.82) is 0 Å². The number of amides is 1. The maximum absolute atomic E-state index is 15.1. The van der Waals surface area contributed by atoms with E-state index in [0.717, 1.165) is 29.1 Å². The molecule has 1 N–H and O–H groups in total. The average Bonchev–Trinajstić information content (AvgIpc) is 3.29. The summed E-state index contributed by atoms with van der Waals surface area (Å²) in [5.74, 6) is -3.24. The minimum Gasteiger partial charge on any atom is -0.506 e. The number of benzene rings is 2. The second-order valence-corrected chi connectivity index (χ2v) is 6.82. The van der Waals surface area contributed by atoms with Gasteiger partial charge in [-0.05, 0) is 35.4 Å². The predicted molar refractivity (Wildman–Crippen MR) is 106 cm³/mol. The molecule has 2 aromatic carbocycles. The van der Waals surface area contributed by atoms with E-state index in [2.05, 4.69) is 10.1 Å². The Hall–Kier alpha value is -3.81. The largest absolute Gasteiger partial charge is 0.506 e. The molecule has 4 aromatic rings. The van der Waals surface area contributed by atoms with Crippen LogP contribution < -0.4 is 0 Å². The quantitative estimate of drug-likeness (QED) is 0.557. The van der Waals surface area contributed by atoms with Crippen molar-refractivity contribution < 1.29 is 25.5 Å². The van der Waals surface area contributed by atoms with Crippen LogP contribution in [0.2, 0.25) is 0 Å². The zero-order chi connectivity index (χ0) is 25.3. The van der Waals surface area contributed by atoms with Gasteiger partial charge in [-0.1, -0.05) is 12.1 Å². The standard InChI is InChI=1S/C22H16F2N4O2/c1-27-9-16-14(3-2-4-20(16)26-27)12-5-18(23)17(19(24)6-12)10-28-11-21-15(22(28)30)7-13(29)8-25-21/h2-9,29H,10-11H2,1H3/i1D3,11D2. The van der Waals surface area contributed by atoms with Gasteiger partial charge >= 0.3 is 0 Å². The first-order chi connectivity index (χ1) is 16.4. The summed E-state index contributed by atoms with van der Waals surface area (Å²) in [4.78, 5) is 17.2. The normalized spacial score (nSPS) is 17.9. The van der Waals surface area contributed by atoms with Crippen LogP contribution in [0.25, 0.3) is 22.0 Å². The molecule has 0 fully saturated rings. The molecule has 30 heavy (non-hydrogen) atoms. The van der Waals surface area contributed by atoms with Crippen molar-refractivity contribution >= 4 is 16.8 Å². The number of carbonyl (C=O) groups excluding carboxylic acids is 1. The monoisotopic (exact) mass is 411 g/mol. The fourth-order valence-corrected chi connectivity index (χ4v) is 3.50. The van der Waals surface area contributed by atoms with Crippen molar-refractivity contribution in [2.45, 2.75) is 13.0 Å². The predicted octanol–water partition coefficient (Wildman–Crippen LogP) is 3.78. The number of rotatable bonds is 3. The lowest BCUT2D eigenvalue weighted by atomic mass is 9.99. The van der Waals surface area contributed by atoms with E-state index in [4.69, 9.17) is 6.85 Å². The van der Waals surface area contributed by atoms with Gasteiger partial charge in [0.15, 0.2) is 0 Å². The van der Waals surface area contributed by atoms with Gasteiger partial charge < -0.3 is 10.0 Å². The number of hydrogen-bond donors (Lipinski definition) is 1. The molecule has 0 radical (unpaired) electrons. The van der Waals surface area contributed by atoms with Crippen molar-refractivity contribution in [2.24, 2.45) is 6.98 Å². The third-order valence-corrected chi connectivity index (χ3v) is 4.91. The van der Waals surface area contributed by atoms with Gasteiger partial charge in [0.1, 0.15) is 17.4 Å². The number of halogens is 2. The molecule has 0 spiro atoms. The summed E-state index contributed by atoms with van der Waals surface area (Å²) in [7, 11) is 0. The summed E-state index contributed by atoms with van der Waals surface area (Å²) in [5, 5.41) is 14.0. The second-order valence-electron chi connectivity index (χ2n) is 6.82. The van der Waals surface area contributed by atoms with Crippen LogP contribution in [0.15, 0.2) is 48.8 Å². The number of fused-ring (bicyclic) bond motifs is 2. The van der Waals surface area contributed by atoms with Gasteiger partial charge in [-0.25, -0.2) is 8.78 Å². The summed E-state index contributed by atoms with van der Waals surface area (Å²) >= 11 is 0. The Bertz CT molecular complexity index is 1500. The van der Waals surface area contributed by atoms with E-state index in [1.807, 2.05) is 0 Å². The number of pyridine rings is 1. The molecule has 0 aliphatic carbocycles. The SMILES string of the molecule is [2H]C1([2H])c2ncc(O)cc2C(=O)N1Cc1c(F)cc(-c2cccc3nn(C([2H])([2H])[2H])cc23)cc1F. The second kappa shape index (κ2) is 6.62. The Morgan fingerprint density at radius 1 is 1.23 bits per heavy atom. The van der Waals surface area contributed by atoms with Crippen LogP contribution in [-0.2, 0) is 20.0 Å². The molecule has 150 valence electrons. The van der Waals surface area contributed by atoms with Crippen LogP contribution in [0.5, 0.6) is 5.75 Å². The molecule has 8 heteroatoms. The summed E-state index contributed by atoms with van der Waals surface area (Å²) in [5.41, 5.74) is -0.186. The number of aromatic nitrogens is 3. The van der Waals surface area contributed by atoms with Crippen LogP contribution in [0.1, 0.15) is 28.5 Å². The molecule has 3 heterocycles. The van der Waals surface area contributed by atoms with E-state index in [0.29, 0.717) is 21.4 Å². The summed E-state index contributed by atoms with van der Waals surface area (Å²) < 4.78 is 70.2. The molecule has 2 aromatic heterocycles. The lowest BCUT2D eigenvalue weighted by Crippen LogP contribution is -2.24. The highest BCUT2D eigenvalue weighted by molar-refractivity contribution is 5.98. The maximum Gasteiger partial charge on any atom is 0.256 e. The molecule has 0 saturated carbocycles. The van der Waals surface area contributed by atoms with E-state index >= 15 is 8.78 Å². The van der Waals surface area contributed by atoms with E-state index in [9.17, 15) is 9.90 Å². The summed E-state index contributed by atoms with van der Waals surface area (Å²) in [6.45, 7) is -5.70. The van der Waals surface area contributed by atoms with E-state index in [-0.39, 0.29) is 22.6 Å². The minimum atomic E-state index is -2.53. The number of carbonyl (C=O) groups is 1. The highest BCUT2D eigenvalue weighted by Crippen LogP contribution is 2.32. The Morgan fingerprint density at radius 2 is 2.03 bits per heavy atom. The first-order valence-electron chi connectivity index (χ1n) is 11.4. The topological polar surface area (TPSA) is 71.2 Å². The van der Waals surface area contributed by atoms with Crippen molar-refractivity contribution in [3.63, 3.8) is 0 Å². The zero-order valence-corrected chi connectivity index (χ0v) is 15.2. The summed E-state index contributed by atoms with van der Waals surface area (Å²) in [6.07, 6.45) is 2.26. The van der Waals surface area contributed by atoms with Crippen molar-refractivity contribution in [1.82, 2.24) is 19.7 Å². The Morgan fingerprint density at radius 3 is 2.80 bits per heavy atom. The Balaban J connectivity index is 1.54. The number of hydrogen-bond acceptors (Lipinski definition) is 4. The van der Waals surface area contributed by atoms with E-state index in [1.54, 1.807) is 18.2 Å².